The summed E-state index contributed by atoms with van der Waals surface area (Å²) in [6.07, 6.45) is 3.33. The van der Waals surface area contributed by atoms with Gasteiger partial charge in [-0.3, -0.25) is 0 Å². The van der Waals surface area contributed by atoms with Gasteiger partial charge in [0.25, 0.3) is 0 Å². The molecular formula is C18H22N4O2. The minimum absolute atomic E-state index is 0.303. The van der Waals surface area contributed by atoms with Gasteiger partial charge in [-0.05, 0) is 31.4 Å². The van der Waals surface area contributed by atoms with Crippen LogP contribution in [0.3, 0.4) is 0 Å². The Balaban J connectivity index is 2.04. The zero-order valence-corrected chi connectivity index (χ0v) is 14.2. The van der Waals surface area contributed by atoms with Gasteiger partial charge in [0.05, 0.1) is 12.2 Å². The van der Waals surface area contributed by atoms with Crippen molar-refractivity contribution in [2.24, 2.45) is 0 Å². The summed E-state index contributed by atoms with van der Waals surface area (Å²) in [4.78, 5) is 17.0. The number of benzene rings is 1. The van der Waals surface area contributed by atoms with Crippen LogP contribution in [0.5, 0.6) is 0 Å². The van der Waals surface area contributed by atoms with Crippen molar-refractivity contribution < 1.29 is 9.53 Å². The molecule has 0 bridgehead atoms. The Morgan fingerprint density at radius 3 is 2.88 bits per heavy atom. The van der Waals surface area contributed by atoms with Crippen molar-refractivity contribution in [2.75, 3.05) is 11.9 Å². The third kappa shape index (κ3) is 2.91. The molecule has 1 aliphatic rings. The van der Waals surface area contributed by atoms with Crippen LogP contribution in [0.2, 0.25) is 0 Å². The van der Waals surface area contributed by atoms with Crippen molar-refractivity contribution in [2.45, 2.75) is 39.7 Å². The van der Waals surface area contributed by atoms with Crippen LogP contribution in [0.1, 0.15) is 43.9 Å². The van der Waals surface area contributed by atoms with Crippen molar-refractivity contribution in [1.29, 1.82) is 0 Å². The van der Waals surface area contributed by atoms with E-state index < -0.39 is 0 Å². The van der Waals surface area contributed by atoms with Crippen molar-refractivity contribution in [1.82, 2.24) is 14.8 Å². The van der Waals surface area contributed by atoms with E-state index in [9.17, 15) is 4.79 Å². The maximum atomic E-state index is 12.7. The first-order valence-corrected chi connectivity index (χ1v) is 8.23. The summed E-state index contributed by atoms with van der Waals surface area (Å²) < 4.78 is 7.22. The molecule has 2 heterocycles. The lowest BCUT2D eigenvalue weighted by Gasteiger charge is -2.29. The number of carbonyl (C=O) groups is 1. The van der Waals surface area contributed by atoms with E-state index in [2.05, 4.69) is 22.3 Å². The predicted molar refractivity (Wildman–Crippen MR) is 91.5 cm³/mol. The molecular weight excluding hydrogens is 304 g/mol. The Labute approximate surface area is 141 Å². The molecule has 1 aromatic carbocycles. The lowest BCUT2D eigenvalue weighted by atomic mass is 9.92. The fourth-order valence-corrected chi connectivity index (χ4v) is 2.92. The van der Waals surface area contributed by atoms with Crippen LogP contribution < -0.4 is 5.32 Å². The maximum Gasteiger partial charge on any atom is 0.338 e. The van der Waals surface area contributed by atoms with Crippen LogP contribution >= 0.6 is 0 Å². The molecule has 0 fully saturated rings. The highest BCUT2D eigenvalue weighted by Crippen LogP contribution is 2.36. The first-order valence-electron chi connectivity index (χ1n) is 8.23. The Hall–Kier alpha value is -2.63. The molecule has 6 nitrogen and oxygen atoms in total. The van der Waals surface area contributed by atoms with Gasteiger partial charge in [-0.15, -0.1) is 0 Å². The normalized spacial score (nSPS) is 16.5. The number of unbranched alkanes of at least 4 members (excludes halogenated alkanes) is 1. The molecule has 24 heavy (non-hydrogen) atoms. The van der Waals surface area contributed by atoms with E-state index in [1.807, 2.05) is 38.1 Å². The molecule has 3 rings (SSSR count). The summed E-state index contributed by atoms with van der Waals surface area (Å²) in [7, 11) is 0. The van der Waals surface area contributed by atoms with Gasteiger partial charge in [0.2, 0.25) is 5.95 Å². The monoisotopic (exact) mass is 326 g/mol. The molecule has 1 aromatic heterocycles. The van der Waals surface area contributed by atoms with E-state index >= 15 is 0 Å². The number of allylic oxidation sites excluding steroid dienone is 1. The van der Waals surface area contributed by atoms with Crippen LogP contribution in [0, 0.1) is 6.92 Å². The van der Waals surface area contributed by atoms with Crippen LogP contribution in [0.4, 0.5) is 5.95 Å². The third-order valence-electron chi connectivity index (χ3n) is 4.23. The number of hydrogen-bond donors (Lipinski definition) is 1. The van der Waals surface area contributed by atoms with E-state index in [-0.39, 0.29) is 12.0 Å². The number of carbonyl (C=O) groups excluding carboxylic acids is 1. The van der Waals surface area contributed by atoms with Crippen LogP contribution in [-0.2, 0) is 9.53 Å². The van der Waals surface area contributed by atoms with E-state index in [0.29, 0.717) is 18.1 Å². The average Bonchev–Trinajstić information content (AvgIpc) is 3.02. The molecule has 0 aliphatic carbocycles. The second-order valence-electron chi connectivity index (χ2n) is 5.94. The Morgan fingerprint density at radius 1 is 1.33 bits per heavy atom. The SMILES string of the molecule is CCCCOC(=O)C1=C(C)Nc2ncnn2[C@H]1c1ccccc1C. The molecule has 0 unspecified atom stereocenters. The Kier molecular flexibility index (Phi) is 4.64. The number of nitrogens with one attached hydrogen (secondary N) is 1. The minimum atomic E-state index is -0.334. The summed E-state index contributed by atoms with van der Waals surface area (Å²) in [5.74, 6) is 0.328. The highest BCUT2D eigenvalue weighted by atomic mass is 16.5. The minimum Gasteiger partial charge on any atom is -0.462 e. The van der Waals surface area contributed by atoms with Gasteiger partial charge in [0.1, 0.15) is 12.4 Å². The van der Waals surface area contributed by atoms with Crippen LogP contribution in [-0.4, -0.2) is 27.3 Å². The molecule has 2 aromatic rings. The maximum absolute atomic E-state index is 12.7. The molecule has 0 radical (unpaired) electrons. The standard InChI is InChI=1S/C18H22N4O2/c1-4-5-10-24-17(23)15-13(3)21-18-19-11-20-22(18)16(15)14-9-7-6-8-12(14)2/h6-9,11,16H,4-5,10H2,1-3H3,(H,19,20,21)/t16-/m0/s1. The highest BCUT2D eigenvalue weighted by Gasteiger charge is 2.34. The van der Waals surface area contributed by atoms with Crippen molar-refractivity contribution >= 4 is 11.9 Å². The van der Waals surface area contributed by atoms with Gasteiger partial charge in [0.15, 0.2) is 0 Å². The largest absolute Gasteiger partial charge is 0.462 e. The molecule has 0 saturated heterocycles. The number of hydrogen-bond acceptors (Lipinski definition) is 5. The second-order valence-corrected chi connectivity index (χ2v) is 5.94. The zero-order valence-electron chi connectivity index (χ0n) is 14.2. The fraction of sp³-hybridized carbons (Fsp3) is 0.389. The number of aromatic nitrogens is 3. The molecule has 0 spiro atoms. The quantitative estimate of drug-likeness (QED) is 0.675. The highest BCUT2D eigenvalue weighted by molar-refractivity contribution is 5.92. The van der Waals surface area contributed by atoms with Crippen molar-refractivity contribution in [3.05, 3.63) is 53.0 Å². The molecule has 1 aliphatic heterocycles. The number of aryl methyl sites for hydroxylation is 1. The summed E-state index contributed by atoms with van der Waals surface area (Å²) in [6.45, 7) is 6.40. The van der Waals surface area contributed by atoms with E-state index in [0.717, 1.165) is 29.7 Å². The lowest BCUT2D eigenvalue weighted by Crippen LogP contribution is -2.30. The molecule has 0 saturated carbocycles. The van der Waals surface area contributed by atoms with E-state index in [4.69, 9.17) is 4.74 Å². The number of nitrogens with zero attached hydrogens (tertiary/aromatic N) is 3. The zero-order chi connectivity index (χ0) is 17.1. The number of fused-ring (bicyclic) bond motifs is 1. The van der Waals surface area contributed by atoms with E-state index in [1.54, 1.807) is 4.68 Å². The van der Waals surface area contributed by atoms with Gasteiger partial charge in [-0.25, -0.2) is 9.48 Å². The Bertz CT molecular complexity index is 779. The first kappa shape index (κ1) is 16.2. The Morgan fingerprint density at radius 2 is 2.12 bits per heavy atom. The predicted octanol–water partition coefficient (Wildman–Crippen LogP) is 3.22. The average molecular weight is 326 g/mol. The summed E-state index contributed by atoms with van der Waals surface area (Å²) in [6, 6.07) is 7.67. The number of anilines is 1. The fourth-order valence-electron chi connectivity index (χ4n) is 2.92. The molecule has 126 valence electrons. The van der Waals surface area contributed by atoms with Crippen molar-refractivity contribution in [3.8, 4) is 0 Å². The van der Waals surface area contributed by atoms with Crippen LogP contribution in [0.25, 0.3) is 0 Å². The summed E-state index contributed by atoms with van der Waals surface area (Å²) in [5, 5.41) is 7.47. The number of ether oxygens (including phenoxy) is 1. The summed E-state index contributed by atoms with van der Waals surface area (Å²) in [5.41, 5.74) is 3.45. The van der Waals surface area contributed by atoms with Gasteiger partial charge >= 0.3 is 5.97 Å². The number of rotatable bonds is 5. The molecule has 0 amide bonds. The topological polar surface area (TPSA) is 69.0 Å². The molecule has 1 atom stereocenters. The second kappa shape index (κ2) is 6.86. The molecule has 6 heteroatoms. The third-order valence-corrected chi connectivity index (χ3v) is 4.23. The van der Waals surface area contributed by atoms with Gasteiger partial charge in [0, 0.05) is 5.70 Å². The van der Waals surface area contributed by atoms with Gasteiger partial charge in [-0.2, -0.15) is 10.1 Å². The van der Waals surface area contributed by atoms with Gasteiger partial charge in [-0.1, -0.05) is 37.6 Å². The smallest absolute Gasteiger partial charge is 0.338 e. The summed E-state index contributed by atoms with van der Waals surface area (Å²) >= 11 is 0. The number of esters is 1. The lowest BCUT2D eigenvalue weighted by molar-refractivity contribution is -0.139. The molecule has 1 N–H and O–H groups in total. The first-order chi connectivity index (χ1) is 11.6. The van der Waals surface area contributed by atoms with Crippen LogP contribution in [0.15, 0.2) is 41.9 Å². The van der Waals surface area contributed by atoms with Crippen molar-refractivity contribution in [3.63, 3.8) is 0 Å². The van der Waals surface area contributed by atoms with E-state index in [1.165, 1.54) is 6.33 Å². The van der Waals surface area contributed by atoms with Gasteiger partial charge < -0.3 is 10.1 Å².